The van der Waals surface area contributed by atoms with E-state index in [2.05, 4.69) is 5.32 Å². The number of hydrogen-bond donors (Lipinski definition) is 2. The fourth-order valence-corrected chi connectivity index (χ4v) is 2.14. The van der Waals surface area contributed by atoms with Gasteiger partial charge in [0.05, 0.1) is 5.69 Å². The van der Waals surface area contributed by atoms with Gasteiger partial charge >= 0.3 is 0 Å². The summed E-state index contributed by atoms with van der Waals surface area (Å²) in [6, 6.07) is 10.8. The summed E-state index contributed by atoms with van der Waals surface area (Å²) in [4.78, 5) is 11.3. The molecular weight excluding hydrogens is 261 g/mol. The van der Waals surface area contributed by atoms with E-state index in [0.29, 0.717) is 22.6 Å². The highest BCUT2D eigenvalue weighted by Crippen LogP contribution is 2.32. The highest BCUT2D eigenvalue weighted by molar-refractivity contribution is 5.95. The topological polar surface area (TPSA) is 58.6 Å². The van der Waals surface area contributed by atoms with Gasteiger partial charge in [0.2, 0.25) is 0 Å². The van der Waals surface area contributed by atoms with Crippen LogP contribution in [0.5, 0.6) is 5.75 Å². The number of anilines is 1. The predicted molar refractivity (Wildman–Crippen MR) is 71.0 cm³/mol. The number of benzene rings is 2. The maximum atomic E-state index is 13.2. The van der Waals surface area contributed by atoms with E-state index in [9.17, 15) is 14.3 Å². The van der Waals surface area contributed by atoms with E-state index < -0.39 is 11.9 Å². The summed E-state index contributed by atoms with van der Waals surface area (Å²) in [5.74, 6) is -0.0918. The molecule has 1 unspecified atom stereocenters. The summed E-state index contributed by atoms with van der Waals surface area (Å²) >= 11 is 0. The van der Waals surface area contributed by atoms with E-state index in [1.807, 2.05) is 0 Å². The van der Waals surface area contributed by atoms with E-state index in [0.717, 1.165) is 0 Å². The van der Waals surface area contributed by atoms with Gasteiger partial charge in [-0.25, -0.2) is 4.39 Å². The molecule has 1 aliphatic rings. The zero-order valence-corrected chi connectivity index (χ0v) is 10.5. The van der Waals surface area contributed by atoms with E-state index in [-0.39, 0.29) is 12.5 Å². The van der Waals surface area contributed by atoms with Gasteiger partial charge in [0, 0.05) is 0 Å². The molecule has 20 heavy (non-hydrogen) atoms. The molecule has 0 radical (unpaired) electrons. The Morgan fingerprint density at radius 2 is 2.00 bits per heavy atom. The quantitative estimate of drug-likeness (QED) is 0.882. The molecule has 2 aromatic rings. The molecule has 4 nitrogen and oxygen atoms in total. The summed E-state index contributed by atoms with van der Waals surface area (Å²) in [6.45, 7) is -0.0151. The Balaban J connectivity index is 1.94. The Morgan fingerprint density at radius 1 is 1.20 bits per heavy atom. The molecular formula is C15H12FNO3. The molecule has 102 valence electrons. The van der Waals surface area contributed by atoms with E-state index in [1.54, 1.807) is 24.3 Å². The standard InChI is InChI=1S/C15H12FNO3/c16-11-3-1-2-9(6-11)15(19)10-4-5-13-12(7-10)17-14(18)8-20-13/h1-7,15,19H,8H2,(H,17,18). The van der Waals surface area contributed by atoms with Crippen LogP contribution in [0.2, 0.25) is 0 Å². The summed E-state index contributed by atoms with van der Waals surface area (Å²) in [5.41, 5.74) is 1.52. The van der Waals surface area contributed by atoms with E-state index >= 15 is 0 Å². The fourth-order valence-electron chi connectivity index (χ4n) is 2.14. The first-order chi connectivity index (χ1) is 9.63. The van der Waals surface area contributed by atoms with Crippen LogP contribution in [0.15, 0.2) is 42.5 Å². The summed E-state index contributed by atoms with van der Waals surface area (Å²) in [6.07, 6.45) is -0.963. The predicted octanol–water partition coefficient (Wildman–Crippen LogP) is 2.24. The second kappa shape index (κ2) is 4.94. The van der Waals surface area contributed by atoms with Gasteiger partial charge in [0.25, 0.3) is 5.91 Å². The van der Waals surface area contributed by atoms with Crippen LogP contribution >= 0.6 is 0 Å². The van der Waals surface area contributed by atoms with Crippen LogP contribution in [-0.4, -0.2) is 17.6 Å². The SMILES string of the molecule is O=C1COc2ccc(C(O)c3cccc(F)c3)cc2N1. The number of aliphatic hydroxyl groups excluding tert-OH is 1. The van der Waals surface area contributed by atoms with Crippen molar-refractivity contribution in [2.24, 2.45) is 0 Å². The number of carbonyl (C=O) groups is 1. The van der Waals surface area contributed by atoms with Crippen molar-refractivity contribution in [1.29, 1.82) is 0 Å². The van der Waals surface area contributed by atoms with Crippen LogP contribution in [0, 0.1) is 5.82 Å². The second-order valence-electron chi connectivity index (χ2n) is 4.55. The average Bonchev–Trinajstić information content (AvgIpc) is 2.45. The average molecular weight is 273 g/mol. The monoisotopic (exact) mass is 273 g/mol. The summed E-state index contributed by atoms with van der Waals surface area (Å²) in [7, 11) is 0. The zero-order valence-electron chi connectivity index (χ0n) is 10.5. The number of carbonyl (C=O) groups excluding carboxylic acids is 1. The smallest absolute Gasteiger partial charge is 0.262 e. The van der Waals surface area contributed by atoms with Crippen LogP contribution in [0.3, 0.4) is 0 Å². The first-order valence-electron chi connectivity index (χ1n) is 6.13. The molecule has 0 aliphatic carbocycles. The number of fused-ring (bicyclic) bond motifs is 1. The van der Waals surface area contributed by atoms with Gasteiger partial charge < -0.3 is 15.2 Å². The zero-order chi connectivity index (χ0) is 14.1. The Morgan fingerprint density at radius 3 is 2.80 bits per heavy atom. The number of aliphatic hydroxyl groups is 1. The molecule has 0 bridgehead atoms. The van der Waals surface area contributed by atoms with E-state index in [4.69, 9.17) is 4.74 Å². The molecule has 0 saturated carbocycles. The highest BCUT2D eigenvalue weighted by atomic mass is 19.1. The third-order valence-electron chi connectivity index (χ3n) is 3.12. The first-order valence-corrected chi connectivity index (χ1v) is 6.13. The third kappa shape index (κ3) is 2.35. The lowest BCUT2D eigenvalue weighted by atomic mass is 10.0. The van der Waals surface area contributed by atoms with Crippen LogP contribution in [0.4, 0.5) is 10.1 Å². The largest absolute Gasteiger partial charge is 0.482 e. The second-order valence-corrected chi connectivity index (χ2v) is 4.55. The molecule has 1 aliphatic heterocycles. The Hall–Kier alpha value is -2.40. The molecule has 0 saturated heterocycles. The van der Waals surface area contributed by atoms with Crippen LogP contribution in [-0.2, 0) is 4.79 Å². The van der Waals surface area contributed by atoms with Crippen molar-refractivity contribution >= 4 is 11.6 Å². The number of ether oxygens (including phenoxy) is 1. The number of amides is 1. The van der Waals surface area contributed by atoms with Crippen LogP contribution in [0.25, 0.3) is 0 Å². The fraction of sp³-hybridized carbons (Fsp3) is 0.133. The Bertz CT molecular complexity index is 672. The number of hydrogen-bond acceptors (Lipinski definition) is 3. The minimum Gasteiger partial charge on any atom is -0.482 e. The highest BCUT2D eigenvalue weighted by Gasteiger charge is 2.18. The summed E-state index contributed by atoms with van der Waals surface area (Å²) < 4.78 is 18.4. The lowest BCUT2D eigenvalue weighted by molar-refractivity contribution is -0.118. The molecule has 3 rings (SSSR count). The minimum atomic E-state index is -0.963. The molecule has 2 aromatic carbocycles. The molecule has 1 atom stereocenters. The van der Waals surface area contributed by atoms with Crippen LogP contribution in [0.1, 0.15) is 17.2 Å². The summed E-state index contributed by atoms with van der Waals surface area (Å²) in [5, 5.41) is 12.9. The van der Waals surface area contributed by atoms with Gasteiger partial charge in [-0.1, -0.05) is 18.2 Å². The van der Waals surface area contributed by atoms with Gasteiger partial charge in [-0.15, -0.1) is 0 Å². The molecule has 1 heterocycles. The minimum absolute atomic E-state index is 0.0151. The van der Waals surface area contributed by atoms with Gasteiger partial charge in [-0.05, 0) is 35.4 Å². The lowest BCUT2D eigenvalue weighted by Crippen LogP contribution is -2.25. The van der Waals surface area contributed by atoms with Gasteiger partial charge in [-0.2, -0.15) is 0 Å². The molecule has 1 amide bonds. The van der Waals surface area contributed by atoms with Crippen molar-refractivity contribution in [2.75, 3.05) is 11.9 Å². The van der Waals surface area contributed by atoms with Crippen molar-refractivity contribution in [1.82, 2.24) is 0 Å². The molecule has 5 heteroatoms. The number of rotatable bonds is 2. The molecule has 2 N–H and O–H groups in total. The van der Waals surface area contributed by atoms with Crippen molar-refractivity contribution in [3.63, 3.8) is 0 Å². The van der Waals surface area contributed by atoms with E-state index in [1.165, 1.54) is 18.2 Å². The molecule has 0 aromatic heterocycles. The van der Waals surface area contributed by atoms with Gasteiger partial charge in [0.1, 0.15) is 17.7 Å². The molecule has 0 spiro atoms. The van der Waals surface area contributed by atoms with Gasteiger partial charge in [-0.3, -0.25) is 4.79 Å². The number of nitrogens with one attached hydrogen (secondary N) is 1. The van der Waals surface area contributed by atoms with Crippen molar-refractivity contribution in [2.45, 2.75) is 6.10 Å². The Labute approximate surface area is 114 Å². The third-order valence-corrected chi connectivity index (χ3v) is 3.12. The Kier molecular flexibility index (Phi) is 3.12. The maximum Gasteiger partial charge on any atom is 0.262 e. The maximum absolute atomic E-state index is 13.2. The van der Waals surface area contributed by atoms with Gasteiger partial charge in [0.15, 0.2) is 6.61 Å². The van der Waals surface area contributed by atoms with Crippen molar-refractivity contribution in [3.05, 3.63) is 59.4 Å². The van der Waals surface area contributed by atoms with Crippen LogP contribution < -0.4 is 10.1 Å². The lowest BCUT2D eigenvalue weighted by Gasteiger charge is -2.20. The first kappa shape index (κ1) is 12.6. The normalized spacial score (nSPS) is 15.0. The van der Waals surface area contributed by atoms with Crippen molar-refractivity contribution in [3.8, 4) is 5.75 Å². The van der Waals surface area contributed by atoms with Crippen molar-refractivity contribution < 1.29 is 19.0 Å². The molecule has 0 fully saturated rings. The number of halogens is 1.